The molecule has 0 saturated carbocycles. The summed E-state index contributed by atoms with van der Waals surface area (Å²) in [4.78, 5) is 11.3. The number of aromatic nitrogens is 2. The quantitative estimate of drug-likeness (QED) is 0.799. The van der Waals surface area contributed by atoms with Crippen LogP contribution in [0.2, 0.25) is 0 Å². The summed E-state index contributed by atoms with van der Waals surface area (Å²) in [6, 6.07) is 8.20. The van der Waals surface area contributed by atoms with Crippen molar-refractivity contribution in [3.05, 3.63) is 47.0 Å². The van der Waals surface area contributed by atoms with E-state index in [2.05, 4.69) is 22.5 Å². The van der Waals surface area contributed by atoms with Crippen molar-refractivity contribution in [2.45, 2.75) is 6.42 Å². The van der Waals surface area contributed by atoms with Crippen LogP contribution >= 0.6 is 22.7 Å². The lowest BCUT2D eigenvalue weighted by molar-refractivity contribution is 0.954. The van der Waals surface area contributed by atoms with Gasteiger partial charge in [0, 0.05) is 29.3 Å². The van der Waals surface area contributed by atoms with Crippen molar-refractivity contribution < 1.29 is 0 Å². The molecule has 0 aliphatic heterocycles. The van der Waals surface area contributed by atoms with Crippen LogP contribution in [0, 0.1) is 0 Å². The summed E-state index contributed by atoms with van der Waals surface area (Å²) < 4.78 is 0. The molecule has 5 heteroatoms. The molecule has 19 heavy (non-hydrogen) atoms. The van der Waals surface area contributed by atoms with E-state index in [1.807, 2.05) is 12.1 Å². The molecule has 0 aliphatic rings. The van der Waals surface area contributed by atoms with Crippen LogP contribution in [0.4, 0.5) is 0 Å². The smallest absolute Gasteiger partial charge is 0.0951 e. The summed E-state index contributed by atoms with van der Waals surface area (Å²) in [7, 11) is 0. The third kappa shape index (κ3) is 2.58. The van der Waals surface area contributed by atoms with E-state index in [9.17, 15) is 0 Å². The van der Waals surface area contributed by atoms with Crippen LogP contribution in [0.5, 0.6) is 0 Å². The van der Waals surface area contributed by atoms with Gasteiger partial charge in [-0.1, -0.05) is 6.07 Å². The number of nitrogens with two attached hydrogens (primary N) is 1. The Hall–Kier alpha value is -1.56. The van der Waals surface area contributed by atoms with Crippen molar-refractivity contribution >= 4 is 22.7 Å². The lowest BCUT2D eigenvalue weighted by Gasteiger charge is -1.99. The first-order chi connectivity index (χ1) is 9.38. The van der Waals surface area contributed by atoms with Gasteiger partial charge in [-0.3, -0.25) is 4.98 Å². The summed E-state index contributed by atoms with van der Waals surface area (Å²) in [5.41, 5.74) is 7.79. The summed E-state index contributed by atoms with van der Waals surface area (Å²) in [6.07, 6.45) is 4.43. The third-order valence-corrected chi connectivity index (χ3v) is 4.89. The summed E-state index contributed by atoms with van der Waals surface area (Å²) >= 11 is 3.48. The van der Waals surface area contributed by atoms with Crippen LogP contribution in [-0.4, -0.2) is 16.5 Å². The van der Waals surface area contributed by atoms with E-state index in [-0.39, 0.29) is 0 Å². The molecule has 3 heterocycles. The Labute approximate surface area is 119 Å². The number of thiophene rings is 1. The Morgan fingerprint density at radius 1 is 1.16 bits per heavy atom. The first-order valence-corrected chi connectivity index (χ1v) is 7.72. The molecular weight excluding hydrogens is 274 g/mol. The van der Waals surface area contributed by atoms with Gasteiger partial charge in [0.1, 0.15) is 0 Å². The van der Waals surface area contributed by atoms with Gasteiger partial charge in [0.2, 0.25) is 0 Å². The van der Waals surface area contributed by atoms with E-state index in [4.69, 9.17) is 10.7 Å². The zero-order valence-corrected chi connectivity index (χ0v) is 11.9. The van der Waals surface area contributed by atoms with Crippen LogP contribution in [0.15, 0.2) is 42.0 Å². The van der Waals surface area contributed by atoms with Gasteiger partial charge < -0.3 is 5.73 Å². The average molecular weight is 287 g/mol. The van der Waals surface area contributed by atoms with Gasteiger partial charge in [0.15, 0.2) is 0 Å². The second kappa shape index (κ2) is 5.61. The minimum atomic E-state index is 0.632. The second-order valence-corrected chi connectivity index (χ2v) is 6.07. The molecule has 0 saturated heterocycles. The average Bonchev–Trinajstić information content (AvgIpc) is 3.08. The van der Waals surface area contributed by atoms with Gasteiger partial charge in [0.25, 0.3) is 0 Å². The normalized spacial score (nSPS) is 10.8. The predicted molar refractivity (Wildman–Crippen MR) is 81.4 cm³/mol. The van der Waals surface area contributed by atoms with E-state index >= 15 is 0 Å². The van der Waals surface area contributed by atoms with Crippen molar-refractivity contribution in [1.29, 1.82) is 0 Å². The highest BCUT2D eigenvalue weighted by molar-refractivity contribution is 7.21. The van der Waals surface area contributed by atoms with E-state index in [1.54, 1.807) is 35.1 Å². The van der Waals surface area contributed by atoms with Gasteiger partial charge in [-0.2, -0.15) is 0 Å². The molecule has 0 amide bonds. The van der Waals surface area contributed by atoms with Crippen LogP contribution in [-0.2, 0) is 6.42 Å². The number of pyridine rings is 1. The Balaban J connectivity index is 2.12. The molecule has 0 aromatic carbocycles. The maximum absolute atomic E-state index is 5.64. The first-order valence-electron chi connectivity index (χ1n) is 6.02. The molecule has 3 nitrogen and oxygen atoms in total. The van der Waals surface area contributed by atoms with E-state index in [0.717, 1.165) is 22.7 Å². The van der Waals surface area contributed by atoms with Gasteiger partial charge in [0.05, 0.1) is 15.6 Å². The molecular formula is C14H13N3S2. The fourth-order valence-corrected chi connectivity index (χ4v) is 3.83. The maximum atomic E-state index is 5.64. The van der Waals surface area contributed by atoms with Crippen molar-refractivity contribution in [3.63, 3.8) is 0 Å². The Morgan fingerprint density at radius 2 is 2.00 bits per heavy atom. The number of rotatable bonds is 4. The minimum absolute atomic E-state index is 0.632. The van der Waals surface area contributed by atoms with Crippen LogP contribution in [0.25, 0.3) is 21.0 Å². The largest absolute Gasteiger partial charge is 0.330 e. The van der Waals surface area contributed by atoms with Gasteiger partial charge in [-0.15, -0.1) is 22.7 Å². The van der Waals surface area contributed by atoms with Gasteiger partial charge in [-0.05, 0) is 30.1 Å². The summed E-state index contributed by atoms with van der Waals surface area (Å²) in [5.74, 6) is 0. The van der Waals surface area contributed by atoms with E-state index in [0.29, 0.717) is 6.54 Å². The minimum Gasteiger partial charge on any atom is -0.330 e. The van der Waals surface area contributed by atoms with Gasteiger partial charge >= 0.3 is 0 Å². The Kier molecular flexibility index (Phi) is 3.68. The Morgan fingerprint density at radius 3 is 2.68 bits per heavy atom. The lowest BCUT2D eigenvalue weighted by Crippen LogP contribution is -2.01. The highest BCUT2D eigenvalue weighted by atomic mass is 32.1. The predicted octanol–water partition coefficient (Wildman–Crippen LogP) is 3.43. The van der Waals surface area contributed by atoms with Crippen molar-refractivity contribution in [2.75, 3.05) is 6.54 Å². The first kappa shape index (κ1) is 12.5. The van der Waals surface area contributed by atoms with Crippen molar-refractivity contribution in [3.8, 4) is 21.0 Å². The topological polar surface area (TPSA) is 51.8 Å². The molecule has 0 aliphatic carbocycles. The fraction of sp³-hybridized carbons (Fsp3) is 0.143. The molecule has 0 spiro atoms. The van der Waals surface area contributed by atoms with E-state index in [1.165, 1.54) is 9.75 Å². The van der Waals surface area contributed by atoms with E-state index < -0.39 is 0 Å². The summed E-state index contributed by atoms with van der Waals surface area (Å²) in [5, 5.41) is 3.19. The number of hydrogen-bond acceptors (Lipinski definition) is 5. The fourth-order valence-electron chi connectivity index (χ4n) is 1.88. The monoisotopic (exact) mass is 287 g/mol. The molecule has 0 atom stereocenters. The lowest BCUT2D eigenvalue weighted by atomic mass is 10.1. The molecule has 3 aromatic heterocycles. The molecule has 96 valence electrons. The molecule has 0 unspecified atom stereocenters. The van der Waals surface area contributed by atoms with Crippen molar-refractivity contribution in [2.24, 2.45) is 5.73 Å². The maximum Gasteiger partial charge on any atom is 0.0951 e. The van der Waals surface area contributed by atoms with Crippen LogP contribution < -0.4 is 5.73 Å². The number of hydrogen-bond donors (Lipinski definition) is 1. The molecule has 0 fully saturated rings. The van der Waals surface area contributed by atoms with Crippen LogP contribution in [0.1, 0.15) is 5.01 Å². The SMILES string of the molecule is NCCc1nc(-c2ccncc2)c(-c2cccs2)s1. The van der Waals surface area contributed by atoms with Crippen molar-refractivity contribution in [1.82, 2.24) is 9.97 Å². The number of nitrogens with zero attached hydrogens (tertiary/aromatic N) is 2. The highest BCUT2D eigenvalue weighted by Gasteiger charge is 2.15. The molecule has 2 N–H and O–H groups in total. The molecule has 0 bridgehead atoms. The summed E-state index contributed by atoms with van der Waals surface area (Å²) in [6.45, 7) is 0.632. The zero-order valence-electron chi connectivity index (χ0n) is 10.2. The van der Waals surface area contributed by atoms with Crippen LogP contribution in [0.3, 0.4) is 0 Å². The number of thiazole rings is 1. The molecule has 3 aromatic rings. The Bertz CT molecular complexity index is 645. The second-order valence-electron chi connectivity index (χ2n) is 4.04. The zero-order chi connectivity index (χ0) is 13.1. The third-order valence-electron chi connectivity index (χ3n) is 2.73. The molecule has 3 rings (SSSR count). The van der Waals surface area contributed by atoms with Gasteiger partial charge in [-0.25, -0.2) is 4.98 Å². The highest BCUT2D eigenvalue weighted by Crippen LogP contribution is 2.38. The molecule has 0 radical (unpaired) electrons. The standard InChI is InChI=1S/C14H13N3S2/c15-6-3-12-17-13(10-4-7-16-8-5-10)14(19-12)11-2-1-9-18-11/h1-2,4-5,7-9H,3,6,15H2.